The molecule has 1 aliphatic heterocycles. The fourth-order valence-electron chi connectivity index (χ4n) is 2.26. The number of amides is 1. The maximum absolute atomic E-state index is 12.7. The van der Waals surface area contributed by atoms with Gasteiger partial charge < -0.3 is 4.74 Å². The minimum Gasteiger partial charge on any atom is -0.489 e. The molecule has 1 amide bonds. The summed E-state index contributed by atoms with van der Waals surface area (Å²) >= 11 is 5.93. The quantitative estimate of drug-likeness (QED) is 0.809. The lowest BCUT2D eigenvalue weighted by atomic mass is 10.1. The van der Waals surface area contributed by atoms with Crippen molar-refractivity contribution in [3.05, 3.63) is 53.3 Å². The number of benzene rings is 1. The van der Waals surface area contributed by atoms with Crippen molar-refractivity contribution >= 4 is 23.2 Å². The molecule has 20 heavy (non-hydrogen) atoms. The first kappa shape index (κ1) is 12.9. The van der Waals surface area contributed by atoms with Crippen LogP contribution in [0.4, 0.5) is 5.69 Å². The SMILES string of the molecule is C[C@@H]1COc2ccccc2N1C(=O)c1cc(Cl)ccn1. The molecule has 2 aromatic rings. The Morgan fingerprint density at radius 3 is 3.00 bits per heavy atom. The summed E-state index contributed by atoms with van der Waals surface area (Å²) in [5, 5.41) is 0.498. The third kappa shape index (κ3) is 2.23. The number of fused-ring (bicyclic) bond motifs is 1. The monoisotopic (exact) mass is 288 g/mol. The number of ether oxygens (including phenoxy) is 1. The van der Waals surface area contributed by atoms with Gasteiger partial charge in [-0.1, -0.05) is 23.7 Å². The highest BCUT2D eigenvalue weighted by molar-refractivity contribution is 6.31. The van der Waals surface area contributed by atoms with Gasteiger partial charge in [0.05, 0.1) is 11.7 Å². The van der Waals surface area contributed by atoms with Crippen molar-refractivity contribution in [2.24, 2.45) is 0 Å². The molecule has 0 spiro atoms. The highest BCUT2D eigenvalue weighted by Crippen LogP contribution is 2.34. The molecule has 0 radical (unpaired) electrons. The summed E-state index contributed by atoms with van der Waals surface area (Å²) in [6.45, 7) is 2.40. The molecule has 5 heteroatoms. The predicted molar refractivity (Wildman–Crippen MR) is 77.5 cm³/mol. The molecule has 1 atom stereocenters. The van der Waals surface area contributed by atoms with Crippen LogP contribution in [0.15, 0.2) is 42.6 Å². The van der Waals surface area contributed by atoms with Gasteiger partial charge >= 0.3 is 0 Å². The normalized spacial score (nSPS) is 17.3. The number of anilines is 1. The van der Waals surface area contributed by atoms with Gasteiger partial charge in [-0.2, -0.15) is 0 Å². The molecule has 2 heterocycles. The molecule has 0 saturated carbocycles. The number of pyridine rings is 1. The summed E-state index contributed by atoms with van der Waals surface area (Å²) in [5.41, 5.74) is 1.10. The number of carbonyl (C=O) groups excluding carboxylic acids is 1. The van der Waals surface area contributed by atoms with Crippen molar-refractivity contribution in [2.75, 3.05) is 11.5 Å². The maximum atomic E-state index is 12.7. The summed E-state index contributed by atoms with van der Waals surface area (Å²) in [6, 6.07) is 10.7. The van der Waals surface area contributed by atoms with Crippen molar-refractivity contribution in [2.45, 2.75) is 13.0 Å². The topological polar surface area (TPSA) is 42.4 Å². The second-order valence-corrected chi connectivity index (χ2v) is 5.10. The van der Waals surface area contributed by atoms with Crippen LogP contribution in [-0.4, -0.2) is 23.5 Å². The number of carbonyl (C=O) groups is 1. The van der Waals surface area contributed by atoms with E-state index in [1.165, 1.54) is 6.20 Å². The zero-order valence-corrected chi connectivity index (χ0v) is 11.7. The third-order valence-corrected chi connectivity index (χ3v) is 3.44. The van der Waals surface area contributed by atoms with Crippen LogP contribution in [0.1, 0.15) is 17.4 Å². The Kier molecular flexibility index (Phi) is 3.32. The summed E-state index contributed by atoms with van der Waals surface area (Å²) in [6.07, 6.45) is 1.53. The lowest BCUT2D eigenvalue weighted by molar-refractivity contribution is 0.0956. The molecular formula is C15H13ClN2O2. The molecule has 102 valence electrons. The molecule has 1 aromatic heterocycles. The van der Waals surface area contributed by atoms with Crippen LogP contribution < -0.4 is 9.64 Å². The molecular weight excluding hydrogens is 276 g/mol. The highest BCUT2D eigenvalue weighted by Gasteiger charge is 2.30. The van der Waals surface area contributed by atoms with E-state index in [4.69, 9.17) is 16.3 Å². The molecule has 0 fully saturated rings. The van der Waals surface area contributed by atoms with E-state index in [0.29, 0.717) is 23.1 Å². The van der Waals surface area contributed by atoms with Crippen LogP contribution in [0.25, 0.3) is 0 Å². The van der Waals surface area contributed by atoms with Gasteiger partial charge in [0.15, 0.2) is 0 Å². The van der Waals surface area contributed by atoms with Crippen molar-refractivity contribution in [1.82, 2.24) is 4.98 Å². The van der Waals surface area contributed by atoms with Gasteiger partial charge in [0.25, 0.3) is 5.91 Å². The minimum absolute atomic E-state index is 0.0572. The molecule has 0 bridgehead atoms. The van der Waals surface area contributed by atoms with Crippen LogP contribution in [0.5, 0.6) is 5.75 Å². The zero-order valence-electron chi connectivity index (χ0n) is 10.9. The number of rotatable bonds is 1. The molecule has 1 aromatic carbocycles. The van der Waals surface area contributed by atoms with Crippen molar-refractivity contribution in [3.8, 4) is 5.75 Å². The fourth-order valence-corrected chi connectivity index (χ4v) is 2.41. The Labute approximate surface area is 122 Å². The largest absolute Gasteiger partial charge is 0.489 e. The van der Waals surface area contributed by atoms with Gasteiger partial charge in [0.1, 0.15) is 18.1 Å². The van der Waals surface area contributed by atoms with Gasteiger partial charge in [-0.15, -0.1) is 0 Å². The molecule has 0 unspecified atom stereocenters. The average Bonchev–Trinajstić information content (AvgIpc) is 2.46. The minimum atomic E-state index is -0.171. The molecule has 0 N–H and O–H groups in total. The summed E-state index contributed by atoms with van der Waals surface area (Å²) in [5.74, 6) is 0.539. The summed E-state index contributed by atoms with van der Waals surface area (Å²) < 4.78 is 5.64. The van der Waals surface area contributed by atoms with E-state index in [0.717, 1.165) is 5.69 Å². The second-order valence-electron chi connectivity index (χ2n) is 4.66. The smallest absolute Gasteiger partial charge is 0.277 e. The lowest BCUT2D eigenvalue weighted by Crippen LogP contribution is -2.45. The van der Waals surface area contributed by atoms with Gasteiger partial charge in [-0.25, -0.2) is 0 Å². The number of aromatic nitrogens is 1. The first-order chi connectivity index (χ1) is 9.66. The third-order valence-electron chi connectivity index (χ3n) is 3.21. The molecule has 0 saturated heterocycles. The summed E-state index contributed by atoms with van der Waals surface area (Å²) in [4.78, 5) is 18.5. The molecule has 3 rings (SSSR count). The van der Waals surface area contributed by atoms with Gasteiger partial charge in [-0.05, 0) is 31.2 Å². The van der Waals surface area contributed by atoms with Gasteiger partial charge in [0, 0.05) is 11.2 Å². The summed E-state index contributed by atoms with van der Waals surface area (Å²) in [7, 11) is 0. The van der Waals surface area contributed by atoms with Crippen molar-refractivity contribution in [3.63, 3.8) is 0 Å². The van der Waals surface area contributed by atoms with Crippen molar-refractivity contribution < 1.29 is 9.53 Å². The molecule has 4 nitrogen and oxygen atoms in total. The van der Waals surface area contributed by atoms with Crippen LogP contribution in [0.2, 0.25) is 5.02 Å². The van der Waals surface area contributed by atoms with E-state index in [-0.39, 0.29) is 11.9 Å². The van der Waals surface area contributed by atoms with Crippen LogP contribution >= 0.6 is 11.6 Å². The Morgan fingerprint density at radius 1 is 1.40 bits per heavy atom. The Balaban J connectivity index is 2.03. The average molecular weight is 289 g/mol. The number of halogens is 1. The van der Waals surface area contributed by atoms with Gasteiger partial charge in [-0.3, -0.25) is 14.7 Å². The van der Waals surface area contributed by atoms with Crippen molar-refractivity contribution in [1.29, 1.82) is 0 Å². The van der Waals surface area contributed by atoms with E-state index < -0.39 is 0 Å². The molecule has 0 aliphatic carbocycles. The Morgan fingerprint density at radius 2 is 2.20 bits per heavy atom. The first-order valence-corrected chi connectivity index (χ1v) is 6.71. The molecule has 1 aliphatic rings. The number of hydrogen-bond donors (Lipinski definition) is 0. The first-order valence-electron chi connectivity index (χ1n) is 6.34. The van der Waals surface area contributed by atoms with Crippen LogP contribution in [0, 0.1) is 0 Å². The Hall–Kier alpha value is -2.07. The maximum Gasteiger partial charge on any atom is 0.277 e. The number of nitrogens with zero attached hydrogens (tertiary/aromatic N) is 2. The van der Waals surface area contributed by atoms with E-state index in [2.05, 4.69) is 4.98 Å². The van der Waals surface area contributed by atoms with Crippen LogP contribution in [0.3, 0.4) is 0 Å². The number of para-hydroxylation sites is 2. The Bertz CT molecular complexity index is 660. The second kappa shape index (κ2) is 5.13. The van der Waals surface area contributed by atoms with E-state index in [1.54, 1.807) is 17.0 Å². The van der Waals surface area contributed by atoms with Crippen LogP contribution in [-0.2, 0) is 0 Å². The standard InChI is InChI=1S/C15H13ClN2O2/c1-10-9-20-14-5-3-2-4-13(14)18(10)15(19)12-8-11(16)6-7-17-12/h2-8,10H,9H2,1H3/t10-/m1/s1. The highest BCUT2D eigenvalue weighted by atomic mass is 35.5. The zero-order chi connectivity index (χ0) is 14.1. The fraction of sp³-hybridized carbons (Fsp3) is 0.200. The number of hydrogen-bond acceptors (Lipinski definition) is 3. The van der Waals surface area contributed by atoms with E-state index >= 15 is 0 Å². The lowest BCUT2D eigenvalue weighted by Gasteiger charge is -2.34. The van der Waals surface area contributed by atoms with E-state index in [9.17, 15) is 4.79 Å². The predicted octanol–water partition coefficient (Wildman–Crippen LogP) is 3.16. The van der Waals surface area contributed by atoms with E-state index in [1.807, 2.05) is 31.2 Å². The van der Waals surface area contributed by atoms with Gasteiger partial charge in [0.2, 0.25) is 0 Å².